The molecule has 2 nitrogen and oxygen atoms in total. The van der Waals surface area contributed by atoms with Gasteiger partial charge >= 0.3 is 0 Å². The summed E-state index contributed by atoms with van der Waals surface area (Å²) in [6.07, 6.45) is 7.29. The van der Waals surface area contributed by atoms with Crippen molar-refractivity contribution in [2.24, 2.45) is 5.92 Å². The molecule has 2 heteroatoms. The van der Waals surface area contributed by atoms with Gasteiger partial charge in [0.2, 0.25) is 5.91 Å². The van der Waals surface area contributed by atoms with E-state index in [0.717, 1.165) is 6.42 Å². The zero-order valence-corrected chi connectivity index (χ0v) is 5.84. The van der Waals surface area contributed by atoms with Crippen molar-refractivity contribution < 1.29 is 4.79 Å². The van der Waals surface area contributed by atoms with Crippen molar-refractivity contribution in [2.45, 2.75) is 25.3 Å². The number of amides is 1. The molecule has 1 aliphatic carbocycles. The van der Waals surface area contributed by atoms with Gasteiger partial charge in [-0.1, -0.05) is 6.08 Å². The summed E-state index contributed by atoms with van der Waals surface area (Å²) in [4.78, 5) is 10.9. The van der Waals surface area contributed by atoms with E-state index in [1.54, 1.807) is 6.08 Å². The van der Waals surface area contributed by atoms with Crippen molar-refractivity contribution >= 4 is 5.91 Å². The molecule has 10 heavy (non-hydrogen) atoms. The minimum Gasteiger partial charge on any atom is -0.350 e. The average Bonchev–Trinajstić information content (AvgIpc) is 2.22. The second kappa shape index (κ2) is 2.11. The third-order valence-electron chi connectivity index (χ3n) is 2.34. The van der Waals surface area contributed by atoms with Gasteiger partial charge in [0.25, 0.3) is 0 Å². The Kier molecular flexibility index (Phi) is 1.26. The fourth-order valence-electron chi connectivity index (χ4n) is 1.80. The van der Waals surface area contributed by atoms with Gasteiger partial charge in [-0.25, -0.2) is 0 Å². The van der Waals surface area contributed by atoms with Crippen LogP contribution in [0.25, 0.3) is 0 Å². The topological polar surface area (TPSA) is 29.1 Å². The maximum Gasteiger partial charge on any atom is 0.243 e. The normalized spacial score (nSPS) is 37.4. The Bertz CT molecular complexity index is 186. The van der Waals surface area contributed by atoms with Crippen molar-refractivity contribution in [3.8, 4) is 0 Å². The minimum atomic E-state index is 0.0900. The summed E-state index contributed by atoms with van der Waals surface area (Å²) >= 11 is 0. The Morgan fingerprint density at radius 2 is 2.40 bits per heavy atom. The number of carbonyl (C=O) groups is 1. The number of hydrogen-bond acceptors (Lipinski definition) is 1. The fraction of sp³-hybridized carbons (Fsp3) is 0.625. The number of carbonyl (C=O) groups excluding carboxylic acids is 1. The molecule has 0 spiro atoms. The molecule has 2 bridgehead atoms. The summed E-state index contributed by atoms with van der Waals surface area (Å²) < 4.78 is 0. The molecule has 0 radical (unpaired) electrons. The molecule has 54 valence electrons. The first-order valence-electron chi connectivity index (χ1n) is 3.83. The molecule has 1 saturated carbocycles. The largest absolute Gasteiger partial charge is 0.350 e. The lowest BCUT2D eigenvalue weighted by Crippen LogP contribution is -2.30. The average molecular weight is 137 g/mol. The Balaban J connectivity index is 2.18. The van der Waals surface area contributed by atoms with E-state index < -0.39 is 0 Å². The lowest BCUT2D eigenvalue weighted by molar-refractivity contribution is -0.117. The predicted octanol–water partition coefficient (Wildman–Crippen LogP) is 0.841. The van der Waals surface area contributed by atoms with Gasteiger partial charge in [-0.3, -0.25) is 4.79 Å². The van der Waals surface area contributed by atoms with Gasteiger partial charge in [-0.2, -0.15) is 0 Å². The monoisotopic (exact) mass is 137 g/mol. The van der Waals surface area contributed by atoms with Crippen LogP contribution in [0.3, 0.4) is 0 Å². The van der Waals surface area contributed by atoms with Crippen LogP contribution in [0.1, 0.15) is 19.3 Å². The van der Waals surface area contributed by atoms with E-state index in [-0.39, 0.29) is 5.91 Å². The highest BCUT2D eigenvalue weighted by Crippen LogP contribution is 2.27. The Hall–Kier alpha value is -0.790. The molecule has 1 heterocycles. The zero-order chi connectivity index (χ0) is 6.97. The summed E-state index contributed by atoms with van der Waals surface area (Å²) in [7, 11) is 0. The Morgan fingerprint density at radius 1 is 1.50 bits per heavy atom. The van der Waals surface area contributed by atoms with Crippen LogP contribution in [-0.2, 0) is 4.79 Å². The second-order valence-electron chi connectivity index (χ2n) is 3.14. The fourth-order valence-corrected chi connectivity index (χ4v) is 1.80. The van der Waals surface area contributed by atoms with Crippen LogP contribution in [0.5, 0.6) is 0 Å². The zero-order valence-electron chi connectivity index (χ0n) is 5.84. The molecule has 0 saturated heterocycles. The van der Waals surface area contributed by atoms with Crippen molar-refractivity contribution in [3.63, 3.8) is 0 Å². The molecular weight excluding hydrogens is 126 g/mol. The predicted molar refractivity (Wildman–Crippen MR) is 38.4 cm³/mol. The first-order chi connectivity index (χ1) is 4.84. The van der Waals surface area contributed by atoms with Gasteiger partial charge in [0.05, 0.1) is 0 Å². The number of rotatable bonds is 0. The van der Waals surface area contributed by atoms with Crippen molar-refractivity contribution in [1.82, 2.24) is 5.32 Å². The lowest BCUT2D eigenvalue weighted by atomic mass is 10.1. The highest BCUT2D eigenvalue weighted by atomic mass is 16.1. The number of allylic oxidation sites excluding steroid dienone is 1. The quantitative estimate of drug-likeness (QED) is 0.526. The van der Waals surface area contributed by atoms with Gasteiger partial charge in [0.15, 0.2) is 0 Å². The maximum atomic E-state index is 10.9. The molecular formula is C8H11NO. The van der Waals surface area contributed by atoms with Crippen molar-refractivity contribution in [2.75, 3.05) is 0 Å². The van der Waals surface area contributed by atoms with Gasteiger partial charge in [-0.15, -0.1) is 0 Å². The molecule has 2 rings (SSSR count). The van der Waals surface area contributed by atoms with Crippen molar-refractivity contribution in [1.29, 1.82) is 0 Å². The Morgan fingerprint density at radius 3 is 3.30 bits per heavy atom. The first-order valence-corrected chi connectivity index (χ1v) is 3.83. The molecule has 1 amide bonds. The van der Waals surface area contributed by atoms with E-state index in [1.807, 2.05) is 6.08 Å². The van der Waals surface area contributed by atoms with Crippen LogP contribution in [0, 0.1) is 5.92 Å². The molecule has 2 atom stereocenters. The van der Waals surface area contributed by atoms with E-state index in [0.29, 0.717) is 12.0 Å². The molecule has 0 aromatic heterocycles. The molecule has 2 aliphatic rings. The van der Waals surface area contributed by atoms with E-state index in [1.165, 1.54) is 12.8 Å². The third-order valence-corrected chi connectivity index (χ3v) is 2.34. The van der Waals surface area contributed by atoms with Crippen molar-refractivity contribution in [3.05, 3.63) is 12.2 Å². The first kappa shape index (κ1) is 5.96. The van der Waals surface area contributed by atoms with Gasteiger partial charge in [0, 0.05) is 6.04 Å². The number of nitrogens with one attached hydrogen (secondary N) is 1. The van der Waals surface area contributed by atoms with E-state index in [2.05, 4.69) is 5.32 Å². The van der Waals surface area contributed by atoms with E-state index in [9.17, 15) is 4.79 Å². The number of fused-ring (bicyclic) bond motifs is 2. The van der Waals surface area contributed by atoms with E-state index >= 15 is 0 Å². The smallest absolute Gasteiger partial charge is 0.243 e. The third kappa shape index (κ3) is 0.939. The van der Waals surface area contributed by atoms with Gasteiger partial charge in [0.1, 0.15) is 0 Å². The van der Waals surface area contributed by atoms with Crippen LogP contribution in [-0.4, -0.2) is 11.9 Å². The van der Waals surface area contributed by atoms with Crippen LogP contribution in [0.4, 0.5) is 0 Å². The van der Waals surface area contributed by atoms with Gasteiger partial charge < -0.3 is 5.32 Å². The SMILES string of the molecule is O=C1C=CC2CCC(C2)N1. The summed E-state index contributed by atoms with van der Waals surface area (Å²) in [5, 5.41) is 2.94. The molecule has 1 fully saturated rings. The standard InChI is InChI=1S/C8H11NO/c10-8-4-2-6-1-3-7(5-6)9-8/h2,4,6-7H,1,3,5H2,(H,9,10). The number of hydrogen-bond donors (Lipinski definition) is 1. The Labute approximate surface area is 60.3 Å². The van der Waals surface area contributed by atoms with Crippen LogP contribution in [0.15, 0.2) is 12.2 Å². The van der Waals surface area contributed by atoms with Crippen LogP contribution < -0.4 is 5.32 Å². The molecule has 2 unspecified atom stereocenters. The maximum absolute atomic E-state index is 10.9. The van der Waals surface area contributed by atoms with Gasteiger partial charge in [-0.05, 0) is 31.3 Å². The van der Waals surface area contributed by atoms with E-state index in [4.69, 9.17) is 0 Å². The minimum absolute atomic E-state index is 0.0900. The molecule has 0 aromatic rings. The second-order valence-corrected chi connectivity index (χ2v) is 3.14. The molecule has 0 aromatic carbocycles. The highest BCUT2D eigenvalue weighted by molar-refractivity contribution is 5.88. The highest BCUT2D eigenvalue weighted by Gasteiger charge is 2.25. The molecule has 1 N–H and O–H groups in total. The summed E-state index contributed by atoms with van der Waals surface area (Å²) in [5.41, 5.74) is 0. The summed E-state index contributed by atoms with van der Waals surface area (Å²) in [5.74, 6) is 0.760. The summed E-state index contributed by atoms with van der Waals surface area (Å²) in [6.45, 7) is 0. The molecule has 1 aliphatic heterocycles. The van der Waals surface area contributed by atoms with Crippen LogP contribution in [0.2, 0.25) is 0 Å². The lowest BCUT2D eigenvalue weighted by Gasteiger charge is -2.07. The summed E-state index contributed by atoms with van der Waals surface area (Å²) in [6, 6.07) is 0.465. The van der Waals surface area contributed by atoms with Crippen LogP contribution >= 0.6 is 0 Å².